The van der Waals surface area contributed by atoms with E-state index < -0.39 is 35.1 Å². The molecule has 0 atom stereocenters. The van der Waals surface area contributed by atoms with Crippen molar-refractivity contribution in [1.82, 2.24) is 29.9 Å². The van der Waals surface area contributed by atoms with E-state index in [0.29, 0.717) is 67.9 Å². The van der Waals surface area contributed by atoms with Gasteiger partial charge in [-0.3, -0.25) is 9.97 Å². The highest BCUT2D eigenvalue weighted by atomic mass is 19.1. The number of aromatic carboxylic acids is 2. The van der Waals surface area contributed by atoms with Crippen LogP contribution in [0.2, 0.25) is 0 Å². The minimum atomic E-state index is -1.02. The van der Waals surface area contributed by atoms with Crippen molar-refractivity contribution in [2.75, 3.05) is 16.0 Å². The van der Waals surface area contributed by atoms with Crippen LogP contribution in [0.15, 0.2) is 165 Å². The molecule has 0 aliphatic carbocycles. The van der Waals surface area contributed by atoms with Crippen molar-refractivity contribution in [2.24, 2.45) is 0 Å². The number of hydrogen-bond acceptors (Lipinski definition) is 13. The van der Waals surface area contributed by atoms with Crippen LogP contribution < -0.4 is 16.0 Å². The topological polar surface area (TPSA) is 214 Å². The standard InChI is InChI=1S/C22H22FN3O2.2C18H14FN3O2/c1-14-9-10-19(17(11-14)21(27)28-22(2,3)4)26-15-12-24-20(25-13-15)16-7-5-6-8-18(16)23;1-11-2-4-17(14(8-11)18(23)24)22-12-3-5-16(21-9-12)13-6-7-20-10-15(13)19;1-11-6-7-16(14(8-11)18(23)24)22-12-9-20-17(21-10-12)13-4-2-3-5-15(13)19/h5-13,26H,1-4H3;2*2-10,22H,1H3,(H,23,24). The molecule has 0 amide bonds. The van der Waals surface area contributed by atoms with Crippen molar-refractivity contribution in [1.29, 1.82) is 0 Å². The molecule has 0 unspecified atom stereocenters. The minimum absolute atomic E-state index is 0.160. The maximum atomic E-state index is 13.9. The third kappa shape index (κ3) is 14.4. The Balaban J connectivity index is 0.000000167. The number of aryl methyl sites for hydroxylation is 3. The van der Waals surface area contributed by atoms with Crippen molar-refractivity contribution in [3.05, 3.63) is 216 Å². The lowest BCUT2D eigenvalue weighted by Gasteiger charge is -2.21. The van der Waals surface area contributed by atoms with Crippen molar-refractivity contribution in [2.45, 2.75) is 47.1 Å². The Morgan fingerprint density at radius 1 is 0.474 bits per heavy atom. The number of nitrogens with zero attached hydrogens (tertiary/aromatic N) is 6. The molecule has 5 N–H and O–H groups in total. The SMILES string of the molecule is Cc1ccc(Nc2ccc(-c3ccncc3F)nc2)c(C(=O)O)c1.Cc1ccc(Nc2cnc(-c3ccccc3F)nc2)c(C(=O)O)c1.Cc1ccc(Nc2cnc(-c3ccccc3F)nc2)c(C(=O)OC(C)(C)C)c1. The molecule has 0 aliphatic rings. The van der Waals surface area contributed by atoms with Crippen LogP contribution in [0.3, 0.4) is 0 Å². The number of carboxylic acid groups (broad SMARTS) is 2. The van der Waals surface area contributed by atoms with Crippen LogP contribution in [0.5, 0.6) is 0 Å². The zero-order valence-electron chi connectivity index (χ0n) is 41.9. The quantitative estimate of drug-likeness (QED) is 0.0720. The van der Waals surface area contributed by atoms with Crippen LogP contribution in [0, 0.1) is 38.2 Å². The van der Waals surface area contributed by atoms with Gasteiger partial charge in [0.15, 0.2) is 17.5 Å². The van der Waals surface area contributed by atoms with Crippen molar-refractivity contribution in [3.63, 3.8) is 0 Å². The van der Waals surface area contributed by atoms with Gasteiger partial charge in [0.2, 0.25) is 0 Å². The summed E-state index contributed by atoms with van der Waals surface area (Å²) in [6.07, 6.45) is 10.2. The van der Waals surface area contributed by atoms with E-state index in [9.17, 15) is 37.8 Å². The lowest BCUT2D eigenvalue weighted by molar-refractivity contribution is 0.00701. The van der Waals surface area contributed by atoms with Gasteiger partial charge in [-0.2, -0.15) is 0 Å². The molecule has 9 rings (SSSR count). The van der Waals surface area contributed by atoms with Gasteiger partial charge in [-0.05, 0) is 120 Å². The Labute approximate surface area is 435 Å². The highest BCUT2D eigenvalue weighted by molar-refractivity contribution is 5.97. The number of pyridine rings is 2. The van der Waals surface area contributed by atoms with Crippen LogP contribution in [0.25, 0.3) is 34.0 Å². The molecule has 9 aromatic rings. The van der Waals surface area contributed by atoms with Gasteiger partial charge in [-0.15, -0.1) is 0 Å². The van der Waals surface area contributed by atoms with Gasteiger partial charge < -0.3 is 30.9 Å². The van der Waals surface area contributed by atoms with Crippen molar-refractivity contribution < 1.29 is 42.5 Å². The minimum Gasteiger partial charge on any atom is -0.478 e. The summed E-state index contributed by atoms with van der Waals surface area (Å²) < 4.78 is 46.8. The lowest BCUT2D eigenvalue weighted by atomic mass is 10.1. The van der Waals surface area contributed by atoms with Crippen LogP contribution >= 0.6 is 0 Å². The summed E-state index contributed by atoms with van der Waals surface area (Å²) in [5.41, 5.74) is 7.50. The molecule has 76 heavy (non-hydrogen) atoms. The molecule has 4 aromatic heterocycles. The number of hydrogen-bond donors (Lipinski definition) is 5. The molecule has 0 aliphatic heterocycles. The van der Waals surface area contributed by atoms with E-state index >= 15 is 0 Å². The summed E-state index contributed by atoms with van der Waals surface area (Å²) in [6.45, 7) is 11.0. The Morgan fingerprint density at radius 2 is 0.895 bits per heavy atom. The number of esters is 1. The highest BCUT2D eigenvalue weighted by Crippen LogP contribution is 2.29. The largest absolute Gasteiger partial charge is 0.478 e. The van der Waals surface area contributed by atoms with Crippen LogP contribution in [-0.4, -0.2) is 63.6 Å². The number of benzene rings is 5. The number of carbonyl (C=O) groups excluding carboxylic acids is 1. The second-order valence-electron chi connectivity index (χ2n) is 18.0. The summed E-state index contributed by atoms with van der Waals surface area (Å²) in [5.74, 6) is -3.12. The van der Waals surface area contributed by atoms with E-state index in [0.717, 1.165) is 22.9 Å². The molecular formula is C58H50F3N9O6. The summed E-state index contributed by atoms with van der Waals surface area (Å²) in [7, 11) is 0. The van der Waals surface area contributed by atoms with Gasteiger partial charge in [-0.25, -0.2) is 47.5 Å². The zero-order valence-corrected chi connectivity index (χ0v) is 41.9. The molecule has 0 saturated carbocycles. The average Bonchev–Trinajstić information content (AvgIpc) is 3.39. The number of anilines is 6. The number of rotatable bonds is 12. The maximum Gasteiger partial charge on any atom is 0.340 e. The van der Waals surface area contributed by atoms with Gasteiger partial charge in [0.05, 0.1) is 105 Å². The Kier molecular flexibility index (Phi) is 17.2. The molecule has 4 heterocycles. The third-order valence-electron chi connectivity index (χ3n) is 10.8. The molecule has 5 aromatic carbocycles. The number of ether oxygens (including phenoxy) is 1. The number of nitrogens with one attached hydrogen (secondary N) is 3. The van der Waals surface area contributed by atoms with E-state index in [-0.39, 0.29) is 22.8 Å². The third-order valence-corrected chi connectivity index (χ3v) is 10.8. The van der Waals surface area contributed by atoms with E-state index in [1.54, 1.807) is 103 Å². The molecule has 0 fully saturated rings. The summed E-state index contributed by atoms with van der Waals surface area (Å²) in [6, 6.07) is 33.2. The second-order valence-corrected chi connectivity index (χ2v) is 18.0. The monoisotopic (exact) mass is 1030 g/mol. The molecule has 0 saturated heterocycles. The molecule has 0 spiro atoms. The smallest absolute Gasteiger partial charge is 0.340 e. The summed E-state index contributed by atoms with van der Waals surface area (Å²) in [5, 5.41) is 27.7. The first-order valence-electron chi connectivity index (χ1n) is 23.3. The predicted octanol–water partition coefficient (Wildman–Crippen LogP) is 13.4. The molecule has 18 heteroatoms. The number of carbonyl (C=O) groups is 3. The highest BCUT2D eigenvalue weighted by Gasteiger charge is 2.21. The molecule has 0 radical (unpaired) electrons. The molecule has 15 nitrogen and oxygen atoms in total. The number of carboxylic acids is 2. The normalized spacial score (nSPS) is 10.7. The van der Waals surface area contributed by atoms with Gasteiger partial charge in [0.1, 0.15) is 17.2 Å². The van der Waals surface area contributed by atoms with Crippen LogP contribution in [-0.2, 0) is 4.74 Å². The Morgan fingerprint density at radius 3 is 1.30 bits per heavy atom. The molecule has 0 bridgehead atoms. The summed E-state index contributed by atoms with van der Waals surface area (Å²) >= 11 is 0. The van der Waals surface area contributed by atoms with Crippen molar-refractivity contribution in [3.8, 4) is 34.0 Å². The maximum absolute atomic E-state index is 13.9. The van der Waals surface area contributed by atoms with Crippen LogP contribution in [0.4, 0.5) is 47.3 Å². The molecule has 384 valence electrons. The fraction of sp³-hybridized carbons (Fsp3) is 0.121. The first-order valence-corrected chi connectivity index (χ1v) is 23.3. The lowest BCUT2D eigenvalue weighted by Crippen LogP contribution is -2.24. The number of halogens is 3. The molecular weight excluding hydrogens is 976 g/mol. The van der Waals surface area contributed by atoms with Crippen molar-refractivity contribution >= 4 is 52.0 Å². The Hall–Kier alpha value is -9.84. The first-order chi connectivity index (χ1) is 36.3. The van der Waals surface area contributed by atoms with Gasteiger partial charge >= 0.3 is 17.9 Å². The van der Waals surface area contributed by atoms with Gasteiger partial charge in [-0.1, -0.05) is 59.2 Å². The predicted molar refractivity (Wildman–Crippen MR) is 285 cm³/mol. The Bertz CT molecular complexity index is 3370. The van der Waals surface area contributed by atoms with E-state index in [2.05, 4.69) is 45.9 Å². The van der Waals surface area contributed by atoms with E-state index in [1.165, 1.54) is 36.9 Å². The first kappa shape index (κ1) is 53.9. The zero-order chi connectivity index (χ0) is 54.5. The van der Waals surface area contributed by atoms with Gasteiger partial charge in [0, 0.05) is 11.8 Å². The average molecular weight is 1030 g/mol. The van der Waals surface area contributed by atoms with Crippen LogP contribution in [0.1, 0.15) is 68.5 Å². The fourth-order valence-electron chi connectivity index (χ4n) is 7.18. The van der Waals surface area contributed by atoms with E-state index in [1.807, 2.05) is 59.7 Å². The van der Waals surface area contributed by atoms with Gasteiger partial charge in [0.25, 0.3) is 0 Å². The van der Waals surface area contributed by atoms with E-state index in [4.69, 9.17) is 4.74 Å². The number of aromatic nitrogens is 6. The summed E-state index contributed by atoms with van der Waals surface area (Å²) in [4.78, 5) is 59.9. The second kappa shape index (κ2) is 24.3. The fourth-order valence-corrected chi connectivity index (χ4v) is 7.18.